The van der Waals surface area contributed by atoms with Gasteiger partial charge in [0.15, 0.2) is 12.5 Å². The summed E-state index contributed by atoms with van der Waals surface area (Å²) in [5, 5.41) is 22.1. The number of hydrogen-bond acceptors (Lipinski definition) is 7. The van der Waals surface area contributed by atoms with Crippen LogP contribution in [0.3, 0.4) is 0 Å². The van der Waals surface area contributed by atoms with Gasteiger partial charge in [-0.05, 0) is 32.4 Å². The highest BCUT2D eigenvalue weighted by atomic mass is 19.4. The molecule has 2 aliphatic heterocycles. The molecule has 3 atom stereocenters. The van der Waals surface area contributed by atoms with Gasteiger partial charge in [0, 0.05) is 7.11 Å². The smallest absolute Gasteiger partial charge is 0.407 e. The second-order valence-corrected chi connectivity index (χ2v) is 8.72. The van der Waals surface area contributed by atoms with E-state index in [1.807, 2.05) is 0 Å². The number of esters is 1. The molecular formula is C23H23F3N2O7. The lowest BCUT2D eigenvalue weighted by atomic mass is 9.73. The lowest BCUT2D eigenvalue weighted by Crippen LogP contribution is -2.36. The minimum atomic E-state index is -4.82. The molecule has 4 rings (SSSR count). The first kappa shape index (κ1) is 24.8. The van der Waals surface area contributed by atoms with Crippen LogP contribution >= 0.6 is 0 Å². The predicted molar refractivity (Wildman–Crippen MR) is 113 cm³/mol. The Bertz CT molecular complexity index is 1220. The number of benzene rings is 1. The summed E-state index contributed by atoms with van der Waals surface area (Å²) in [6.07, 6.45) is -4.72. The van der Waals surface area contributed by atoms with Crippen LogP contribution in [0.4, 0.5) is 18.9 Å². The molecule has 1 aromatic carbocycles. The maximum absolute atomic E-state index is 13.5. The number of nitrogens with zero attached hydrogens (tertiary/aromatic N) is 2. The molecule has 1 fully saturated rings. The first-order chi connectivity index (χ1) is 16.4. The number of alkyl halides is 3. The molecule has 35 heavy (non-hydrogen) atoms. The fraction of sp³-hybridized carbons (Fsp3) is 0.478. The lowest BCUT2D eigenvalue weighted by Gasteiger charge is -2.28. The average molecular weight is 496 g/mol. The first-order valence-electron chi connectivity index (χ1n) is 10.6. The van der Waals surface area contributed by atoms with Crippen molar-refractivity contribution in [3.05, 3.63) is 46.3 Å². The fourth-order valence-electron chi connectivity index (χ4n) is 5.00. The zero-order valence-electron chi connectivity index (χ0n) is 19.1. The van der Waals surface area contributed by atoms with E-state index in [1.54, 1.807) is 13.8 Å². The van der Waals surface area contributed by atoms with Gasteiger partial charge in [0.05, 0.1) is 53.7 Å². The SMILES string of the molecule is [C-]#[N+]c1ccc(-n2c(O)c3c(c2O)C2(C)OC3(C)C[C@H]2C(=O)OCOCCOC)cc1C(F)(F)F. The van der Waals surface area contributed by atoms with Gasteiger partial charge in [-0.3, -0.25) is 9.36 Å². The molecule has 0 spiro atoms. The van der Waals surface area contributed by atoms with E-state index in [-0.39, 0.29) is 36.6 Å². The molecule has 9 nitrogen and oxygen atoms in total. The molecule has 0 amide bonds. The minimum Gasteiger partial charge on any atom is -0.494 e. The zero-order chi connectivity index (χ0) is 25.8. The van der Waals surface area contributed by atoms with E-state index in [2.05, 4.69) is 4.85 Å². The van der Waals surface area contributed by atoms with Crippen molar-refractivity contribution in [2.45, 2.75) is 37.6 Å². The molecule has 2 N–H and O–H groups in total. The van der Waals surface area contributed by atoms with Gasteiger partial charge >= 0.3 is 12.1 Å². The van der Waals surface area contributed by atoms with Crippen LogP contribution in [0.1, 0.15) is 37.0 Å². The molecule has 1 aromatic heterocycles. The molecular weight excluding hydrogens is 473 g/mol. The Morgan fingerprint density at radius 3 is 2.57 bits per heavy atom. The van der Waals surface area contributed by atoms with Crippen LogP contribution in [-0.4, -0.2) is 47.9 Å². The fourth-order valence-corrected chi connectivity index (χ4v) is 5.00. The molecule has 12 heteroatoms. The number of aromatic hydroxyl groups is 2. The van der Waals surface area contributed by atoms with Crippen LogP contribution in [0.2, 0.25) is 0 Å². The summed E-state index contributed by atoms with van der Waals surface area (Å²) in [6, 6.07) is 2.83. The van der Waals surface area contributed by atoms with Crippen LogP contribution in [-0.2, 0) is 41.1 Å². The van der Waals surface area contributed by atoms with Crippen LogP contribution in [0, 0.1) is 12.5 Å². The monoisotopic (exact) mass is 496 g/mol. The quantitative estimate of drug-likeness (QED) is 0.257. The predicted octanol–water partition coefficient (Wildman–Crippen LogP) is 4.10. The van der Waals surface area contributed by atoms with Crippen LogP contribution in [0.5, 0.6) is 11.8 Å². The van der Waals surface area contributed by atoms with E-state index >= 15 is 0 Å². The van der Waals surface area contributed by atoms with Gasteiger partial charge in [-0.2, -0.15) is 13.2 Å². The van der Waals surface area contributed by atoms with E-state index in [1.165, 1.54) is 13.2 Å². The normalized spacial score (nSPS) is 24.9. The first-order valence-corrected chi connectivity index (χ1v) is 10.6. The summed E-state index contributed by atoms with van der Waals surface area (Å²) in [4.78, 5) is 15.7. The number of halogens is 3. The number of hydrogen-bond donors (Lipinski definition) is 2. The second kappa shape index (κ2) is 8.44. The molecule has 2 aliphatic rings. The second-order valence-electron chi connectivity index (χ2n) is 8.72. The lowest BCUT2D eigenvalue weighted by molar-refractivity contribution is -0.168. The maximum Gasteiger partial charge on any atom is 0.407 e. The number of methoxy groups -OCH3 is 1. The van der Waals surface area contributed by atoms with Crippen molar-refractivity contribution in [1.29, 1.82) is 0 Å². The van der Waals surface area contributed by atoms with Gasteiger partial charge in [-0.1, -0.05) is 6.07 Å². The van der Waals surface area contributed by atoms with Gasteiger partial charge in [-0.25, -0.2) is 4.85 Å². The van der Waals surface area contributed by atoms with Gasteiger partial charge in [0.25, 0.3) is 0 Å². The number of carbonyl (C=O) groups excluding carboxylic acids is 1. The standard InChI is InChI=1S/C23H23F3N2O7/c1-21-10-14(20(31)34-11-33-8-7-32-4)22(2,35-21)17-16(21)18(29)28(19(17)30)12-5-6-15(27-3)13(9-12)23(24,25)26/h5-6,9,14,29-30H,7-8,10-11H2,1-2,4H3/t14-,21?,22?/m0/s1. The van der Waals surface area contributed by atoms with Crippen LogP contribution < -0.4 is 0 Å². The maximum atomic E-state index is 13.5. The molecule has 0 aliphatic carbocycles. The number of ether oxygens (including phenoxy) is 4. The van der Waals surface area contributed by atoms with Gasteiger partial charge in [0.2, 0.25) is 11.8 Å². The molecule has 2 bridgehead atoms. The van der Waals surface area contributed by atoms with Crippen LogP contribution in [0.15, 0.2) is 18.2 Å². The highest BCUT2D eigenvalue weighted by Gasteiger charge is 2.66. The highest BCUT2D eigenvalue weighted by Crippen LogP contribution is 2.66. The van der Waals surface area contributed by atoms with Crippen molar-refractivity contribution in [3.63, 3.8) is 0 Å². The highest BCUT2D eigenvalue weighted by molar-refractivity contribution is 5.78. The molecule has 2 aromatic rings. The summed E-state index contributed by atoms with van der Waals surface area (Å²) in [5.41, 5.74) is -4.37. The summed E-state index contributed by atoms with van der Waals surface area (Å²) < 4.78 is 62.6. The Hall–Kier alpha value is -3.27. The van der Waals surface area contributed by atoms with E-state index < -0.39 is 52.3 Å². The van der Waals surface area contributed by atoms with E-state index in [0.717, 1.165) is 10.6 Å². The summed E-state index contributed by atoms with van der Waals surface area (Å²) in [5.74, 6) is -2.60. The Morgan fingerprint density at radius 1 is 1.26 bits per heavy atom. The molecule has 2 unspecified atom stereocenters. The number of rotatable bonds is 7. The summed E-state index contributed by atoms with van der Waals surface area (Å²) >= 11 is 0. The minimum absolute atomic E-state index is 0.0915. The third-order valence-electron chi connectivity index (χ3n) is 6.51. The number of carbonyl (C=O) groups is 1. The third kappa shape index (κ3) is 3.80. The Labute approximate surface area is 198 Å². The van der Waals surface area contributed by atoms with Gasteiger partial charge in [-0.15, -0.1) is 0 Å². The van der Waals surface area contributed by atoms with Crippen molar-refractivity contribution in [2.75, 3.05) is 27.1 Å². The zero-order valence-corrected chi connectivity index (χ0v) is 19.1. The Kier molecular flexibility index (Phi) is 5.99. The van der Waals surface area contributed by atoms with Crippen molar-refractivity contribution < 1.29 is 47.1 Å². The third-order valence-corrected chi connectivity index (χ3v) is 6.51. The number of aromatic nitrogens is 1. The molecule has 1 saturated heterocycles. The topological polar surface area (TPSA) is 104 Å². The molecule has 0 saturated carbocycles. The summed E-state index contributed by atoms with van der Waals surface area (Å²) in [7, 11) is 1.50. The summed E-state index contributed by atoms with van der Waals surface area (Å²) in [6.45, 7) is 10.4. The van der Waals surface area contributed by atoms with Crippen LogP contribution in [0.25, 0.3) is 10.5 Å². The Morgan fingerprint density at radius 2 is 1.94 bits per heavy atom. The van der Waals surface area contributed by atoms with E-state index in [0.29, 0.717) is 12.7 Å². The average Bonchev–Trinajstić information content (AvgIpc) is 3.33. The largest absolute Gasteiger partial charge is 0.494 e. The van der Waals surface area contributed by atoms with Crippen molar-refractivity contribution in [1.82, 2.24) is 4.57 Å². The van der Waals surface area contributed by atoms with Gasteiger partial charge < -0.3 is 29.2 Å². The van der Waals surface area contributed by atoms with E-state index in [4.69, 9.17) is 25.5 Å². The Balaban J connectivity index is 1.72. The van der Waals surface area contributed by atoms with E-state index in [9.17, 15) is 28.2 Å². The van der Waals surface area contributed by atoms with Crippen molar-refractivity contribution in [2.24, 2.45) is 5.92 Å². The number of fused-ring (bicyclic) bond motifs is 5. The molecule has 188 valence electrons. The molecule has 3 heterocycles. The van der Waals surface area contributed by atoms with Gasteiger partial charge in [0.1, 0.15) is 5.60 Å². The van der Waals surface area contributed by atoms with Crippen molar-refractivity contribution in [3.8, 4) is 17.4 Å². The van der Waals surface area contributed by atoms with Crippen molar-refractivity contribution >= 4 is 11.7 Å². The molecule has 0 radical (unpaired) electrons.